The summed E-state index contributed by atoms with van der Waals surface area (Å²) in [5.41, 5.74) is 13.7. The SMILES string of the molecule is N#Cc1cc2c3ccccc3n(-c3ccccc3)c2c2c3cc(-n4c5ccccc5c5c4ccc4c6ccccc6n(-c6ccccc6)c45)ccc3n(-c3ccccc3)c12. The normalized spacial score (nSPS) is 12.0. The molecule has 0 unspecified atom stereocenters. The van der Waals surface area contributed by atoms with E-state index in [-0.39, 0.29) is 0 Å². The highest BCUT2D eigenvalue weighted by molar-refractivity contribution is 6.29. The molecule has 4 heterocycles. The number of para-hydroxylation sites is 6. The molecule has 0 saturated carbocycles. The number of nitrogens with zero attached hydrogens (tertiary/aromatic N) is 5. The van der Waals surface area contributed by atoms with Crippen LogP contribution in [0.3, 0.4) is 0 Å². The molecule has 0 bridgehead atoms. The standard InChI is InChI=1S/C55H33N5/c56-34-35-32-44-41-23-11-14-26-47(41)60(38-20-8-3-9-21-38)55(44)52-45-33-39(28-30-49(45)58(53(35)52)36-16-4-1-5-17-36)57-48-27-15-12-24-43(48)51-50(57)31-29-42-40-22-10-13-25-46(40)59(54(42)51)37-18-6-2-7-19-37/h1-33H. The van der Waals surface area contributed by atoms with Crippen LogP contribution in [0.15, 0.2) is 200 Å². The van der Waals surface area contributed by atoms with Gasteiger partial charge in [-0.25, -0.2) is 0 Å². The fraction of sp³-hybridized carbons (Fsp3) is 0. The van der Waals surface area contributed by atoms with Gasteiger partial charge < -0.3 is 18.3 Å². The van der Waals surface area contributed by atoms with Gasteiger partial charge in [0.1, 0.15) is 6.07 Å². The molecule has 0 N–H and O–H groups in total. The van der Waals surface area contributed by atoms with Crippen molar-refractivity contribution in [3.63, 3.8) is 0 Å². The average molecular weight is 764 g/mol. The number of hydrogen-bond acceptors (Lipinski definition) is 1. The van der Waals surface area contributed by atoms with Gasteiger partial charge in [0, 0.05) is 65.8 Å². The molecule has 278 valence electrons. The smallest absolute Gasteiger partial charge is 0.101 e. The predicted molar refractivity (Wildman–Crippen MR) is 249 cm³/mol. The van der Waals surface area contributed by atoms with Crippen molar-refractivity contribution >= 4 is 87.2 Å². The maximum Gasteiger partial charge on any atom is 0.101 e. The summed E-state index contributed by atoms with van der Waals surface area (Å²) in [4.78, 5) is 0. The molecule has 5 heteroatoms. The van der Waals surface area contributed by atoms with Gasteiger partial charge in [0.15, 0.2) is 0 Å². The number of aromatic nitrogens is 4. The second-order valence-corrected chi connectivity index (χ2v) is 15.6. The molecular weight excluding hydrogens is 731 g/mol. The van der Waals surface area contributed by atoms with Crippen LogP contribution < -0.4 is 0 Å². The van der Waals surface area contributed by atoms with E-state index < -0.39 is 0 Å². The molecule has 60 heavy (non-hydrogen) atoms. The Morgan fingerprint density at radius 2 is 0.733 bits per heavy atom. The Labute approximate surface area is 344 Å². The highest BCUT2D eigenvalue weighted by Gasteiger charge is 2.26. The Morgan fingerprint density at radius 3 is 1.32 bits per heavy atom. The van der Waals surface area contributed by atoms with Crippen molar-refractivity contribution < 1.29 is 0 Å². The molecule has 0 atom stereocenters. The zero-order chi connectivity index (χ0) is 39.5. The Hall–Kier alpha value is -8.33. The summed E-state index contributed by atoms with van der Waals surface area (Å²) in [5.74, 6) is 0. The fourth-order valence-corrected chi connectivity index (χ4v) is 10.2. The number of hydrogen-bond donors (Lipinski definition) is 0. The molecule has 5 nitrogen and oxygen atoms in total. The van der Waals surface area contributed by atoms with E-state index in [4.69, 9.17) is 0 Å². The average Bonchev–Trinajstić information content (AvgIpc) is 4.04. The number of fused-ring (bicyclic) bond motifs is 14. The Balaban J connectivity index is 1.21. The van der Waals surface area contributed by atoms with E-state index in [0.717, 1.165) is 77.4 Å². The summed E-state index contributed by atoms with van der Waals surface area (Å²) in [7, 11) is 0. The van der Waals surface area contributed by atoms with Gasteiger partial charge in [-0.1, -0.05) is 115 Å². The summed E-state index contributed by atoms with van der Waals surface area (Å²) < 4.78 is 9.53. The molecule has 0 aliphatic carbocycles. The number of benzene rings is 9. The first kappa shape index (κ1) is 32.7. The molecular formula is C55H33N5. The first-order valence-corrected chi connectivity index (χ1v) is 20.3. The second kappa shape index (κ2) is 12.3. The molecule has 0 aliphatic rings. The van der Waals surface area contributed by atoms with Crippen molar-refractivity contribution in [3.05, 3.63) is 206 Å². The van der Waals surface area contributed by atoms with Gasteiger partial charge in [-0.3, -0.25) is 0 Å². The molecule has 0 saturated heterocycles. The lowest BCUT2D eigenvalue weighted by Gasteiger charge is -2.11. The van der Waals surface area contributed by atoms with E-state index >= 15 is 0 Å². The van der Waals surface area contributed by atoms with E-state index in [9.17, 15) is 5.26 Å². The molecule has 0 spiro atoms. The van der Waals surface area contributed by atoms with Gasteiger partial charge in [-0.2, -0.15) is 5.26 Å². The minimum atomic E-state index is 0.642. The van der Waals surface area contributed by atoms with Crippen molar-refractivity contribution in [1.82, 2.24) is 18.3 Å². The van der Waals surface area contributed by atoms with Gasteiger partial charge in [0.05, 0.1) is 49.7 Å². The predicted octanol–water partition coefficient (Wildman–Crippen LogP) is 13.9. The minimum absolute atomic E-state index is 0.642. The largest absolute Gasteiger partial charge is 0.309 e. The van der Waals surface area contributed by atoms with Gasteiger partial charge in [-0.15, -0.1) is 0 Å². The maximum absolute atomic E-state index is 11.0. The summed E-state index contributed by atoms with van der Waals surface area (Å²) in [6, 6.07) is 74.1. The summed E-state index contributed by atoms with van der Waals surface area (Å²) >= 11 is 0. The van der Waals surface area contributed by atoms with Crippen molar-refractivity contribution in [2.45, 2.75) is 0 Å². The second-order valence-electron chi connectivity index (χ2n) is 15.6. The van der Waals surface area contributed by atoms with Crippen LogP contribution in [0.1, 0.15) is 5.56 Å². The molecule has 13 rings (SSSR count). The van der Waals surface area contributed by atoms with E-state index in [1.54, 1.807) is 0 Å². The van der Waals surface area contributed by atoms with Crippen molar-refractivity contribution in [1.29, 1.82) is 5.26 Å². The highest BCUT2D eigenvalue weighted by Crippen LogP contribution is 2.46. The van der Waals surface area contributed by atoms with Crippen molar-refractivity contribution in [2.24, 2.45) is 0 Å². The van der Waals surface area contributed by atoms with Gasteiger partial charge in [0.25, 0.3) is 0 Å². The Bertz CT molecular complexity index is 3930. The molecule has 4 aromatic heterocycles. The molecule has 0 radical (unpaired) electrons. The molecule has 0 fully saturated rings. The van der Waals surface area contributed by atoms with Crippen LogP contribution >= 0.6 is 0 Å². The first-order chi connectivity index (χ1) is 29.8. The van der Waals surface area contributed by atoms with Crippen LogP contribution in [0, 0.1) is 11.3 Å². The Morgan fingerprint density at radius 1 is 0.283 bits per heavy atom. The van der Waals surface area contributed by atoms with Crippen LogP contribution in [0.2, 0.25) is 0 Å². The van der Waals surface area contributed by atoms with E-state index in [1.807, 2.05) is 6.07 Å². The number of rotatable bonds is 4. The third-order valence-corrected chi connectivity index (χ3v) is 12.5. The van der Waals surface area contributed by atoms with Crippen molar-refractivity contribution in [2.75, 3.05) is 0 Å². The zero-order valence-electron chi connectivity index (χ0n) is 32.3. The van der Waals surface area contributed by atoms with Crippen molar-refractivity contribution in [3.8, 4) is 28.8 Å². The van der Waals surface area contributed by atoms with Crippen LogP contribution in [-0.4, -0.2) is 18.3 Å². The Kier molecular flexibility index (Phi) is 6.73. The lowest BCUT2D eigenvalue weighted by Crippen LogP contribution is -1.97. The van der Waals surface area contributed by atoms with Crippen LogP contribution in [0.4, 0.5) is 0 Å². The van der Waals surface area contributed by atoms with E-state index in [1.165, 1.54) is 32.6 Å². The summed E-state index contributed by atoms with van der Waals surface area (Å²) in [6.45, 7) is 0. The van der Waals surface area contributed by atoms with Crippen LogP contribution in [0.25, 0.3) is 110 Å². The molecule has 0 amide bonds. The monoisotopic (exact) mass is 763 g/mol. The first-order valence-electron chi connectivity index (χ1n) is 20.3. The summed E-state index contributed by atoms with van der Waals surface area (Å²) in [5, 5.41) is 20.2. The topological polar surface area (TPSA) is 43.5 Å². The molecule has 9 aromatic carbocycles. The van der Waals surface area contributed by atoms with Gasteiger partial charge in [-0.05, 0) is 84.9 Å². The lowest BCUT2D eigenvalue weighted by atomic mass is 10.0. The van der Waals surface area contributed by atoms with Crippen LogP contribution in [0.5, 0.6) is 0 Å². The zero-order valence-corrected chi connectivity index (χ0v) is 32.3. The van der Waals surface area contributed by atoms with Crippen LogP contribution in [-0.2, 0) is 0 Å². The van der Waals surface area contributed by atoms with Gasteiger partial charge >= 0.3 is 0 Å². The van der Waals surface area contributed by atoms with Gasteiger partial charge in [0.2, 0.25) is 0 Å². The third-order valence-electron chi connectivity index (χ3n) is 12.5. The lowest BCUT2D eigenvalue weighted by molar-refractivity contribution is 1.16. The fourth-order valence-electron chi connectivity index (χ4n) is 10.2. The van der Waals surface area contributed by atoms with E-state index in [2.05, 4.69) is 218 Å². The third kappa shape index (κ3) is 4.34. The summed E-state index contributed by atoms with van der Waals surface area (Å²) in [6.07, 6.45) is 0. The minimum Gasteiger partial charge on any atom is -0.309 e. The molecule has 0 aliphatic heterocycles. The van der Waals surface area contributed by atoms with E-state index in [0.29, 0.717) is 5.56 Å². The quantitative estimate of drug-likeness (QED) is 0.176. The number of nitriles is 1. The highest BCUT2D eigenvalue weighted by atomic mass is 15.0. The molecule has 13 aromatic rings. The maximum atomic E-state index is 11.0.